The maximum atomic E-state index is 12.7. The van der Waals surface area contributed by atoms with Crippen LogP contribution in [0.2, 0.25) is 0 Å². The molecular weight excluding hydrogens is 388 g/mol. The Balaban J connectivity index is 1.53. The van der Waals surface area contributed by atoms with Gasteiger partial charge in [-0.25, -0.2) is 4.79 Å². The zero-order valence-corrected chi connectivity index (χ0v) is 16.6. The van der Waals surface area contributed by atoms with E-state index in [-0.39, 0.29) is 12.2 Å². The van der Waals surface area contributed by atoms with Gasteiger partial charge in [-0.15, -0.1) is 21.5 Å². The second kappa shape index (κ2) is 6.52. The molecule has 0 spiro atoms. The van der Waals surface area contributed by atoms with Gasteiger partial charge in [-0.2, -0.15) is 0 Å². The SMILES string of the molecule is Cc1c(C(=O)OCc2nnc3n(C)c(=O)c4ccccc4n23)sc2ccccc12. The average molecular weight is 404 g/mol. The van der Waals surface area contributed by atoms with Crippen molar-refractivity contribution in [1.82, 2.24) is 19.2 Å². The molecule has 8 heteroatoms. The van der Waals surface area contributed by atoms with Gasteiger partial charge in [0.05, 0.1) is 10.9 Å². The number of carbonyl (C=O) groups is 1. The maximum Gasteiger partial charge on any atom is 0.349 e. The van der Waals surface area contributed by atoms with E-state index in [0.29, 0.717) is 27.4 Å². The number of aryl methyl sites for hydroxylation is 2. The van der Waals surface area contributed by atoms with E-state index in [1.54, 1.807) is 17.5 Å². The van der Waals surface area contributed by atoms with Crippen LogP contribution in [0.25, 0.3) is 26.8 Å². The first kappa shape index (κ1) is 17.6. The fourth-order valence-electron chi connectivity index (χ4n) is 3.55. The van der Waals surface area contributed by atoms with Crippen molar-refractivity contribution in [3.05, 3.63) is 75.1 Å². The summed E-state index contributed by atoms with van der Waals surface area (Å²) in [6.07, 6.45) is 0. The number of esters is 1. The van der Waals surface area contributed by atoms with E-state index in [9.17, 15) is 9.59 Å². The van der Waals surface area contributed by atoms with Crippen molar-refractivity contribution >= 4 is 44.1 Å². The van der Waals surface area contributed by atoms with Crippen LogP contribution in [0.3, 0.4) is 0 Å². The standard InChI is InChI=1S/C21H16N4O3S/c1-12-13-7-4-6-10-16(13)29-18(12)20(27)28-11-17-22-23-21-24(2)19(26)14-8-3-5-9-15(14)25(17)21/h3-10H,11H2,1-2H3. The smallest absolute Gasteiger partial charge is 0.349 e. The van der Waals surface area contributed by atoms with E-state index < -0.39 is 5.97 Å². The lowest BCUT2D eigenvalue weighted by atomic mass is 10.1. The zero-order chi connectivity index (χ0) is 20.1. The van der Waals surface area contributed by atoms with Gasteiger partial charge in [-0.05, 0) is 36.1 Å². The lowest BCUT2D eigenvalue weighted by Gasteiger charge is -2.08. The number of aromatic nitrogens is 4. The lowest BCUT2D eigenvalue weighted by molar-refractivity contribution is 0.0466. The van der Waals surface area contributed by atoms with Gasteiger partial charge in [0.2, 0.25) is 5.78 Å². The molecule has 144 valence electrons. The Morgan fingerprint density at radius 2 is 1.79 bits per heavy atom. The summed E-state index contributed by atoms with van der Waals surface area (Å²) in [5.41, 5.74) is 1.44. The summed E-state index contributed by atoms with van der Waals surface area (Å²) in [5.74, 6) is 0.464. The fraction of sp³-hybridized carbons (Fsp3) is 0.143. The normalized spacial score (nSPS) is 11.5. The van der Waals surface area contributed by atoms with E-state index in [0.717, 1.165) is 15.6 Å². The minimum atomic E-state index is -0.394. The summed E-state index contributed by atoms with van der Waals surface area (Å²) in [4.78, 5) is 25.8. The summed E-state index contributed by atoms with van der Waals surface area (Å²) in [7, 11) is 1.65. The highest BCUT2D eigenvalue weighted by molar-refractivity contribution is 7.21. The Morgan fingerprint density at radius 3 is 2.59 bits per heavy atom. The monoisotopic (exact) mass is 404 g/mol. The van der Waals surface area contributed by atoms with Crippen LogP contribution in [0.15, 0.2) is 53.3 Å². The van der Waals surface area contributed by atoms with Gasteiger partial charge in [0.15, 0.2) is 12.4 Å². The summed E-state index contributed by atoms with van der Waals surface area (Å²) >= 11 is 1.42. The van der Waals surface area contributed by atoms with Crippen LogP contribution in [-0.2, 0) is 18.4 Å². The molecule has 0 unspecified atom stereocenters. The van der Waals surface area contributed by atoms with Crippen LogP contribution >= 0.6 is 11.3 Å². The Bertz CT molecular complexity index is 1480. The Morgan fingerprint density at radius 1 is 1.07 bits per heavy atom. The van der Waals surface area contributed by atoms with E-state index in [1.807, 2.05) is 49.4 Å². The van der Waals surface area contributed by atoms with Gasteiger partial charge in [-0.1, -0.05) is 30.3 Å². The third kappa shape index (κ3) is 2.64. The van der Waals surface area contributed by atoms with Crippen LogP contribution < -0.4 is 5.56 Å². The summed E-state index contributed by atoms with van der Waals surface area (Å²) < 4.78 is 9.81. The number of benzene rings is 2. The first-order valence-electron chi connectivity index (χ1n) is 9.03. The first-order valence-corrected chi connectivity index (χ1v) is 9.85. The maximum absolute atomic E-state index is 12.7. The molecule has 0 atom stereocenters. The Labute approximate surface area is 168 Å². The molecule has 0 saturated carbocycles. The number of rotatable bonds is 3. The molecule has 0 saturated heterocycles. The van der Waals surface area contributed by atoms with E-state index in [2.05, 4.69) is 10.2 Å². The van der Waals surface area contributed by atoms with Gasteiger partial charge < -0.3 is 4.74 Å². The Hall–Kier alpha value is -3.52. The van der Waals surface area contributed by atoms with Crippen molar-refractivity contribution in [3.63, 3.8) is 0 Å². The highest BCUT2D eigenvalue weighted by Gasteiger charge is 2.19. The van der Waals surface area contributed by atoms with Gasteiger partial charge in [-0.3, -0.25) is 13.8 Å². The molecule has 29 heavy (non-hydrogen) atoms. The van der Waals surface area contributed by atoms with Gasteiger partial charge in [0.1, 0.15) is 4.88 Å². The van der Waals surface area contributed by atoms with Crippen LogP contribution in [0, 0.1) is 6.92 Å². The zero-order valence-electron chi connectivity index (χ0n) is 15.7. The molecule has 0 aliphatic carbocycles. The van der Waals surface area contributed by atoms with Crippen LogP contribution in [0.5, 0.6) is 0 Å². The molecule has 7 nitrogen and oxygen atoms in total. The molecular formula is C21H16N4O3S. The lowest BCUT2D eigenvalue weighted by Crippen LogP contribution is -2.20. The van der Waals surface area contributed by atoms with Crippen LogP contribution in [0.1, 0.15) is 21.1 Å². The molecule has 0 aliphatic heterocycles. The highest BCUT2D eigenvalue weighted by Crippen LogP contribution is 2.31. The van der Waals surface area contributed by atoms with Gasteiger partial charge >= 0.3 is 5.97 Å². The molecule has 0 fully saturated rings. The highest BCUT2D eigenvalue weighted by atomic mass is 32.1. The molecule has 0 radical (unpaired) electrons. The third-order valence-electron chi connectivity index (χ3n) is 5.05. The first-order chi connectivity index (χ1) is 14.1. The number of carbonyl (C=O) groups excluding carboxylic acids is 1. The Kier molecular flexibility index (Phi) is 3.95. The topological polar surface area (TPSA) is 78.5 Å². The second-order valence-corrected chi connectivity index (χ2v) is 7.81. The number of thiophene rings is 1. The summed E-state index contributed by atoms with van der Waals surface area (Å²) in [6, 6.07) is 15.1. The van der Waals surface area contributed by atoms with Crippen molar-refractivity contribution < 1.29 is 9.53 Å². The molecule has 3 aromatic heterocycles. The molecule has 5 aromatic rings. The van der Waals surface area contributed by atoms with E-state index in [1.165, 1.54) is 15.9 Å². The van der Waals surface area contributed by atoms with Crippen molar-refractivity contribution in [2.24, 2.45) is 7.05 Å². The van der Waals surface area contributed by atoms with Crippen molar-refractivity contribution in [2.45, 2.75) is 13.5 Å². The van der Waals surface area contributed by atoms with E-state index >= 15 is 0 Å². The summed E-state index contributed by atoms with van der Waals surface area (Å²) in [6.45, 7) is 1.88. The largest absolute Gasteiger partial charge is 0.453 e. The number of hydrogen-bond donors (Lipinski definition) is 0. The summed E-state index contributed by atoms with van der Waals surface area (Å²) in [5, 5.41) is 9.88. The van der Waals surface area contributed by atoms with Crippen LogP contribution in [-0.4, -0.2) is 25.1 Å². The van der Waals surface area contributed by atoms with Gasteiger partial charge in [0.25, 0.3) is 5.56 Å². The minimum Gasteiger partial charge on any atom is -0.453 e. The number of hydrogen-bond acceptors (Lipinski definition) is 6. The fourth-order valence-corrected chi connectivity index (χ4v) is 4.65. The van der Waals surface area contributed by atoms with Crippen molar-refractivity contribution in [2.75, 3.05) is 0 Å². The van der Waals surface area contributed by atoms with Crippen LogP contribution in [0.4, 0.5) is 0 Å². The number of fused-ring (bicyclic) bond motifs is 4. The number of para-hydroxylation sites is 1. The van der Waals surface area contributed by atoms with Crippen molar-refractivity contribution in [3.8, 4) is 0 Å². The molecule has 5 rings (SSSR count). The molecule has 2 aromatic carbocycles. The molecule has 0 N–H and O–H groups in total. The molecule has 3 heterocycles. The molecule has 0 amide bonds. The average Bonchev–Trinajstić information content (AvgIpc) is 3.32. The quantitative estimate of drug-likeness (QED) is 0.430. The number of nitrogens with zero attached hydrogens (tertiary/aromatic N) is 4. The second-order valence-electron chi connectivity index (χ2n) is 6.76. The van der Waals surface area contributed by atoms with Crippen molar-refractivity contribution in [1.29, 1.82) is 0 Å². The molecule has 0 aliphatic rings. The number of ether oxygens (including phenoxy) is 1. The van der Waals surface area contributed by atoms with Gasteiger partial charge in [0, 0.05) is 11.7 Å². The predicted octanol–water partition coefficient (Wildman–Crippen LogP) is 3.46. The van der Waals surface area contributed by atoms with E-state index in [4.69, 9.17) is 4.74 Å². The predicted molar refractivity (Wildman–Crippen MR) is 111 cm³/mol. The minimum absolute atomic E-state index is 0.0458. The third-order valence-corrected chi connectivity index (χ3v) is 6.31. The molecule has 0 bridgehead atoms.